The quantitative estimate of drug-likeness (QED) is 0.511. The van der Waals surface area contributed by atoms with Crippen molar-refractivity contribution in [3.63, 3.8) is 0 Å². The van der Waals surface area contributed by atoms with Crippen molar-refractivity contribution in [2.75, 3.05) is 40.3 Å². The van der Waals surface area contributed by atoms with Crippen LogP contribution in [0.25, 0.3) is 0 Å². The van der Waals surface area contributed by atoms with Crippen molar-refractivity contribution in [1.29, 1.82) is 0 Å². The number of aryl methyl sites for hydroxylation is 1. The van der Waals surface area contributed by atoms with Crippen LogP contribution in [0.5, 0.6) is 5.75 Å². The van der Waals surface area contributed by atoms with E-state index in [0.29, 0.717) is 61.6 Å². The molecule has 1 saturated heterocycles. The zero-order valence-electron chi connectivity index (χ0n) is 19.4. The van der Waals surface area contributed by atoms with Crippen LogP contribution in [0.1, 0.15) is 56.9 Å². The SMILES string of the molecule is COc1ccc(S(=O)(=O)N2CCN(C)CC2)cc1CC(=O)c1[nH]c(C)c2c1CCCCC2=O. The number of Topliss-reactive ketones (excluding diaryl/α,β-unsaturated/α-hetero) is 2. The van der Waals surface area contributed by atoms with Crippen LogP contribution in [-0.2, 0) is 22.9 Å². The van der Waals surface area contributed by atoms with Gasteiger partial charge in [-0.1, -0.05) is 0 Å². The van der Waals surface area contributed by atoms with Crippen molar-refractivity contribution >= 4 is 21.6 Å². The summed E-state index contributed by atoms with van der Waals surface area (Å²) in [6, 6.07) is 4.68. The molecular weight excluding hydrogens is 442 g/mol. The van der Waals surface area contributed by atoms with Gasteiger partial charge in [0.05, 0.1) is 17.7 Å². The molecule has 8 nitrogen and oxygen atoms in total. The monoisotopic (exact) mass is 473 g/mol. The molecule has 2 aliphatic rings. The highest BCUT2D eigenvalue weighted by Crippen LogP contribution is 2.30. The molecule has 1 aliphatic heterocycles. The fraction of sp³-hybridized carbons (Fsp3) is 0.500. The van der Waals surface area contributed by atoms with Crippen LogP contribution in [0.2, 0.25) is 0 Å². The third-order valence-corrected chi connectivity index (χ3v) is 8.53. The normalized spacial score (nSPS) is 18.1. The number of aromatic amines is 1. The molecule has 4 rings (SSSR count). The number of ketones is 2. The van der Waals surface area contributed by atoms with Gasteiger partial charge in [0.1, 0.15) is 5.75 Å². The summed E-state index contributed by atoms with van der Waals surface area (Å²) in [6.45, 7) is 4.04. The number of hydrogen-bond donors (Lipinski definition) is 1. The molecule has 2 aromatic rings. The van der Waals surface area contributed by atoms with Crippen molar-refractivity contribution < 1.29 is 22.7 Å². The molecule has 0 radical (unpaired) electrons. The number of aromatic nitrogens is 1. The van der Waals surface area contributed by atoms with Crippen molar-refractivity contribution in [2.24, 2.45) is 0 Å². The van der Waals surface area contributed by atoms with E-state index in [1.165, 1.54) is 17.5 Å². The van der Waals surface area contributed by atoms with Crippen molar-refractivity contribution in [1.82, 2.24) is 14.2 Å². The Balaban J connectivity index is 1.64. The van der Waals surface area contributed by atoms with Gasteiger partial charge in [-0.3, -0.25) is 9.59 Å². The minimum Gasteiger partial charge on any atom is -0.496 e. The van der Waals surface area contributed by atoms with Crippen LogP contribution in [0.15, 0.2) is 23.1 Å². The van der Waals surface area contributed by atoms with Crippen LogP contribution in [0.3, 0.4) is 0 Å². The third-order valence-electron chi connectivity index (χ3n) is 6.63. The number of rotatable bonds is 6. The van der Waals surface area contributed by atoms with Gasteiger partial charge >= 0.3 is 0 Å². The van der Waals surface area contributed by atoms with E-state index in [1.54, 1.807) is 12.1 Å². The highest BCUT2D eigenvalue weighted by molar-refractivity contribution is 7.89. The van der Waals surface area contributed by atoms with Gasteiger partial charge in [0.15, 0.2) is 11.6 Å². The molecule has 1 N–H and O–H groups in total. The Morgan fingerprint density at radius 1 is 1.12 bits per heavy atom. The predicted octanol–water partition coefficient (Wildman–Crippen LogP) is 2.60. The highest BCUT2D eigenvalue weighted by Gasteiger charge is 2.30. The van der Waals surface area contributed by atoms with Gasteiger partial charge in [-0.05, 0) is 57.0 Å². The van der Waals surface area contributed by atoms with E-state index in [-0.39, 0.29) is 22.9 Å². The minimum absolute atomic E-state index is 0.0180. The number of nitrogens with one attached hydrogen (secondary N) is 1. The lowest BCUT2D eigenvalue weighted by Crippen LogP contribution is -2.47. The number of nitrogens with zero attached hydrogens (tertiary/aromatic N) is 2. The molecule has 33 heavy (non-hydrogen) atoms. The highest BCUT2D eigenvalue weighted by atomic mass is 32.2. The minimum atomic E-state index is -3.67. The van der Waals surface area contributed by atoms with E-state index in [9.17, 15) is 18.0 Å². The summed E-state index contributed by atoms with van der Waals surface area (Å²) in [4.78, 5) is 31.2. The number of methoxy groups -OCH3 is 1. The summed E-state index contributed by atoms with van der Waals surface area (Å²) in [6.07, 6.45) is 2.84. The van der Waals surface area contributed by atoms with Crippen LogP contribution in [-0.4, -0.2) is 74.5 Å². The second-order valence-electron chi connectivity index (χ2n) is 8.89. The smallest absolute Gasteiger partial charge is 0.243 e. The Morgan fingerprint density at radius 2 is 1.82 bits per heavy atom. The first-order valence-electron chi connectivity index (χ1n) is 11.4. The maximum atomic E-state index is 13.3. The van der Waals surface area contributed by atoms with Crippen molar-refractivity contribution in [3.8, 4) is 5.75 Å². The van der Waals surface area contributed by atoms with Gasteiger partial charge in [0.25, 0.3) is 0 Å². The largest absolute Gasteiger partial charge is 0.496 e. The summed E-state index contributed by atoms with van der Waals surface area (Å²) in [5, 5.41) is 0. The molecule has 0 amide bonds. The molecule has 1 aliphatic carbocycles. The molecule has 0 saturated carbocycles. The van der Waals surface area contributed by atoms with Gasteiger partial charge in [-0.25, -0.2) is 8.42 Å². The van der Waals surface area contributed by atoms with Crippen molar-refractivity contribution in [3.05, 3.63) is 46.3 Å². The number of benzene rings is 1. The molecular formula is C24H31N3O5S. The Bertz CT molecular complexity index is 1180. The Labute approximate surface area is 195 Å². The number of hydrogen-bond acceptors (Lipinski definition) is 6. The van der Waals surface area contributed by atoms with Gasteiger partial charge in [-0.15, -0.1) is 0 Å². The van der Waals surface area contributed by atoms with E-state index in [2.05, 4.69) is 9.88 Å². The van der Waals surface area contributed by atoms with Crippen LogP contribution >= 0.6 is 0 Å². The Morgan fingerprint density at radius 3 is 2.52 bits per heavy atom. The number of likely N-dealkylation sites (N-methyl/N-ethyl adjacent to an activating group) is 1. The summed E-state index contributed by atoms with van der Waals surface area (Å²) >= 11 is 0. The molecule has 178 valence electrons. The molecule has 1 fully saturated rings. The van der Waals surface area contributed by atoms with Gasteiger partial charge < -0.3 is 14.6 Å². The van der Waals surface area contributed by atoms with Crippen LogP contribution in [0, 0.1) is 6.92 Å². The van der Waals surface area contributed by atoms with E-state index >= 15 is 0 Å². The standard InChI is InChI=1S/C24H31N3O5S/c1-16-23-19(6-4-5-7-20(23)28)24(25-16)21(29)15-17-14-18(8-9-22(17)32-3)33(30,31)27-12-10-26(2)11-13-27/h8-9,14,25H,4-7,10-13,15H2,1-3H3. The van der Waals surface area contributed by atoms with Gasteiger partial charge in [0.2, 0.25) is 10.0 Å². The number of carbonyl (C=O) groups is 2. The molecule has 1 aromatic heterocycles. The van der Waals surface area contributed by atoms with E-state index in [4.69, 9.17) is 4.74 Å². The molecule has 2 heterocycles. The molecule has 0 bridgehead atoms. The Kier molecular flexibility index (Phi) is 6.74. The Hall–Kier alpha value is -2.49. The molecule has 0 unspecified atom stereocenters. The lowest BCUT2D eigenvalue weighted by atomic mass is 9.98. The number of piperazine rings is 1. The zero-order valence-corrected chi connectivity index (χ0v) is 20.3. The lowest BCUT2D eigenvalue weighted by molar-refractivity contribution is 0.0978. The molecule has 1 aromatic carbocycles. The van der Waals surface area contributed by atoms with Crippen molar-refractivity contribution in [2.45, 2.75) is 43.9 Å². The molecule has 0 spiro atoms. The molecule has 0 atom stereocenters. The number of sulfonamides is 1. The first kappa shape index (κ1) is 23.7. The first-order chi connectivity index (χ1) is 15.7. The maximum absolute atomic E-state index is 13.3. The first-order valence-corrected chi connectivity index (χ1v) is 12.8. The third kappa shape index (κ3) is 4.62. The number of carbonyl (C=O) groups excluding carboxylic acids is 2. The maximum Gasteiger partial charge on any atom is 0.243 e. The average molecular weight is 474 g/mol. The van der Waals surface area contributed by atoms with Crippen LogP contribution < -0.4 is 4.74 Å². The van der Waals surface area contributed by atoms with E-state index in [0.717, 1.165) is 24.1 Å². The fourth-order valence-corrected chi connectivity index (χ4v) is 6.22. The predicted molar refractivity (Wildman–Crippen MR) is 125 cm³/mol. The average Bonchev–Trinajstić information content (AvgIpc) is 3.00. The number of H-pyrrole nitrogens is 1. The summed E-state index contributed by atoms with van der Waals surface area (Å²) < 4.78 is 33.3. The van der Waals surface area contributed by atoms with Crippen LogP contribution in [0.4, 0.5) is 0 Å². The van der Waals surface area contributed by atoms with E-state index < -0.39 is 10.0 Å². The summed E-state index contributed by atoms with van der Waals surface area (Å²) in [5.41, 5.74) is 3.12. The lowest BCUT2D eigenvalue weighted by Gasteiger charge is -2.31. The zero-order chi connectivity index (χ0) is 23.8. The van der Waals surface area contributed by atoms with E-state index in [1.807, 2.05) is 14.0 Å². The number of ether oxygens (including phenoxy) is 1. The molecule has 9 heteroatoms. The van der Waals surface area contributed by atoms with Gasteiger partial charge in [-0.2, -0.15) is 4.31 Å². The second-order valence-corrected chi connectivity index (χ2v) is 10.8. The second kappa shape index (κ2) is 9.40. The number of fused-ring (bicyclic) bond motifs is 1. The van der Waals surface area contributed by atoms with Gasteiger partial charge in [0, 0.05) is 55.8 Å². The fourth-order valence-electron chi connectivity index (χ4n) is 4.75. The topological polar surface area (TPSA) is 99.8 Å². The summed E-state index contributed by atoms with van der Waals surface area (Å²) in [7, 11) is -0.197. The summed E-state index contributed by atoms with van der Waals surface area (Å²) in [5.74, 6) is 0.362.